The highest BCUT2D eigenvalue weighted by Gasteiger charge is 2.24. The first kappa shape index (κ1) is 17.8. The van der Waals surface area contributed by atoms with Crippen LogP contribution in [0.3, 0.4) is 0 Å². The molecule has 0 saturated carbocycles. The lowest BCUT2D eigenvalue weighted by atomic mass is 10.2. The van der Waals surface area contributed by atoms with Crippen molar-refractivity contribution < 1.29 is 18.4 Å². The van der Waals surface area contributed by atoms with Crippen LogP contribution >= 0.6 is 0 Å². The maximum Gasteiger partial charge on any atom is 0.272 e. The zero-order valence-corrected chi connectivity index (χ0v) is 14.2. The first-order chi connectivity index (χ1) is 12.4. The molecule has 1 aliphatic rings. The predicted molar refractivity (Wildman–Crippen MR) is 92.0 cm³/mol. The van der Waals surface area contributed by atoms with E-state index in [1.807, 2.05) is 0 Å². The molecule has 136 valence electrons. The Morgan fingerprint density at radius 1 is 0.962 bits per heavy atom. The Bertz CT molecular complexity index is 836. The average molecular weight is 360 g/mol. The number of benzene rings is 1. The van der Waals surface area contributed by atoms with Gasteiger partial charge in [0.2, 0.25) is 5.91 Å². The summed E-state index contributed by atoms with van der Waals surface area (Å²) in [5.74, 6) is -2.12. The van der Waals surface area contributed by atoms with E-state index in [9.17, 15) is 18.4 Å². The van der Waals surface area contributed by atoms with Crippen molar-refractivity contribution in [3.8, 4) is 0 Å². The van der Waals surface area contributed by atoms with Gasteiger partial charge in [0.15, 0.2) is 11.6 Å². The minimum absolute atomic E-state index is 0.00653. The maximum atomic E-state index is 13.3. The van der Waals surface area contributed by atoms with Gasteiger partial charge in [-0.1, -0.05) is 0 Å². The molecule has 1 aromatic carbocycles. The molecule has 1 fully saturated rings. The van der Waals surface area contributed by atoms with Crippen molar-refractivity contribution in [1.82, 2.24) is 14.8 Å². The van der Waals surface area contributed by atoms with Gasteiger partial charge in [-0.05, 0) is 24.3 Å². The van der Waals surface area contributed by atoms with E-state index in [-0.39, 0.29) is 17.5 Å². The van der Waals surface area contributed by atoms with E-state index in [2.05, 4.69) is 10.3 Å². The number of nitrogens with zero attached hydrogens (tertiary/aromatic N) is 3. The summed E-state index contributed by atoms with van der Waals surface area (Å²) in [6.07, 6.45) is 1.47. The second-order valence-electron chi connectivity index (χ2n) is 5.98. The number of anilines is 2. The summed E-state index contributed by atoms with van der Waals surface area (Å²) >= 11 is 0. The van der Waals surface area contributed by atoms with Gasteiger partial charge in [0.1, 0.15) is 5.69 Å². The third-order valence-corrected chi connectivity index (χ3v) is 4.20. The van der Waals surface area contributed by atoms with Crippen LogP contribution in [0.1, 0.15) is 17.4 Å². The third kappa shape index (κ3) is 3.96. The number of piperazine rings is 1. The summed E-state index contributed by atoms with van der Waals surface area (Å²) in [4.78, 5) is 31.4. The molecule has 8 heteroatoms. The number of carbonyl (C=O) groups is 2. The van der Waals surface area contributed by atoms with Gasteiger partial charge < -0.3 is 15.1 Å². The van der Waals surface area contributed by atoms with E-state index in [0.717, 1.165) is 12.1 Å². The molecule has 26 heavy (non-hydrogen) atoms. The van der Waals surface area contributed by atoms with Gasteiger partial charge in [0.25, 0.3) is 5.91 Å². The van der Waals surface area contributed by atoms with Gasteiger partial charge in [0, 0.05) is 56.7 Å². The van der Waals surface area contributed by atoms with Crippen molar-refractivity contribution in [3.05, 3.63) is 53.9 Å². The minimum atomic E-state index is -0.955. The zero-order chi connectivity index (χ0) is 18.7. The van der Waals surface area contributed by atoms with Crippen molar-refractivity contribution in [2.45, 2.75) is 6.92 Å². The van der Waals surface area contributed by atoms with Crippen LogP contribution in [0.4, 0.5) is 20.2 Å². The molecule has 1 aromatic heterocycles. The molecular formula is C18H18F2N4O2. The van der Waals surface area contributed by atoms with Crippen LogP contribution < -0.4 is 5.32 Å². The fourth-order valence-corrected chi connectivity index (χ4v) is 2.75. The Kier molecular flexibility index (Phi) is 5.11. The van der Waals surface area contributed by atoms with Crippen LogP contribution in [0.25, 0.3) is 0 Å². The summed E-state index contributed by atoms with van der Waals surface area (Å²) in [6, 6.07) is 6.66. The lowest BCUT2D eigenvalue weighted by molar-refractivity contribution is -0.130. The van der Waals surface area contributed by atoms with Crippen molar-refractivity contribution in [1.29, 1.82) is 0 Å². The Labute approximate surface area is 149 Å². The first-order valence-electron chi connectivity index (χ1n) is 8.17. The first-order valence-corrected chi connectivity index (χ1v) is 8.17. The van der Waals surface area contributed by atoms with Crippen molar-refractivity contribution >= 4 is 23.2 Å². The monoisotopic (exact) mass is 360 g/mol. The lowest BCUT2D eigenvalue weighted by Crippen LogP contribution is -2.50. The highest BCUT2D eigenvalue weighted by atomic mass is 19.2. The number of hydrogen-bond acceptors (Lipinski definition) is 4. The number of hydrogen-bond donors (Lipinski definition) is 1. The quantitative estimate of drug-likeness (QED) is 0.913. The number of amides is 2. The summed E-state index contributed by atoms with van der Waals surface area (Å²) in [5.41, 5.74) is 1.15. The smallest absolute Gasteiger partial charge is 0.272 e. The number of rotatable bonds is 3. The van der Waals surface area contributed by atoms with E-state index >= 15 is 0 Å². The molecule has 3 rings (SSSR count). The highest BCUT2D eigenvalue weighted by molar-refractivity contribution is 5.93. The topological polar surface area (TPSA) is 65.5 Å². The average Bonchev–Trinajstić information content (AvgIpc) is 2.64. The maximum absolute atomic E-state index is 13.3. The summed E-state index contributed by atoms with van der Waals surface area (Å²) in [6.45, 7) is 3.38. The van der Waals surface area contributed by atoms with Crippen LogP contribution in [0.2, 0.25) is 0 Å². The van der Waals surface area contributed by atoms with Crippen LogP contribution in [0.5, 0.6) is 0 Å². The normalized spacial score (nSPS) is 14.3. The van der Waals surface area contributed by atoms with Gasteiger partial charge in [0.05, 0.1) is 0 Å². The van der Waals surface area contributed by atoms with Crippen LogP contribution in [0, 0.1) is 11.6 Å². The Balaban J connectivity index is 1.69. The number of halogens is 2. The Hall–Kier alpha value is -3.03. The van der Waals surface area contributed by atoms with Crippen molar-refractivity contribution in [2.75, 3.05) is 31.5 Å². The minimum Gasteiger partial charge on any atom is -0.355 e. The lowest BCUT2D eigenvalue weighted by Gasteiger charge is -2.34. The predicted octanol–water partition coefficient (Wildman–Crippen LogP) is 2.41. The van der Waals surface area contributed by atoms with Crippen LogP contribution in [0.15, 0.2) is 36.5 Å². The number of pyridine rings is 1. The fourth-order valence-electron chi connectivity index (χ4n) is 2.75. The van der Waals surface area contributed by atoms with Crippen LogP contribution in [-0.2, 0) is 4.79 Å². The van der Waals surface area contributed by atoms with E-state index < -0.39 is 11.6 Å². The van der Waals surface area contributed by atoms with Crippen LogP contribution in [-0.4, -0.2) is 52.8 Å². The molecular weight excluding hydrogens is 342 g/mol. The fraction of sp³-hybridized carbons (Fsp3) is 0.278. The van der Waals surface area contributed by atoms with Gasteiger partial charge in [-0.2, -0.15) is 0 Å². The highest BCUT2D eigenvalue weighted by Crippen LogP contribution is 2.20. The summed E-state index contributed by atoms with van der Waals surface area (Å²) in [7, 11) is 0. The van der Waals surface area contributed by atoms with Gasteiger partial charge in [-0.15, -0.1) is 0 Å². The molecule has 0 aliphatic carbocycles. The molecule has 1 aliphatic heterocycles. The molecule has 2 heterocycles. The largest absolute Gasteiger partial charge is 0.355 e. The van der Waals surface area contributed by atoms with E-state index in [4.69, 9.17) is 0 Å². The number of aromatic nitrogens is 1. The molecule has 6 nitrogen and oxygen atoms in total. The summed E-state index contributed by atoms with van der Waals surface area (Å²) in [5, 5.41) is 2.92. The van der Waals surface area contributed by atoms with E-state index in [1.165, 1.54) is 19.2 Å². The number of nitrogens with one attached hydrogen (secondary N) is 1. The molecule has 2 amide bonds. The van der Waals surface area contributed by atoms with Crippen molar-refractivity contribution in [2.24, 2.45) is 0 Å². The van der Waals surface area contributed by atoms with E-state index in [0.29, 0.717) is 37.6 Å². The van der Waals surface area contributed by atoms with Gasteiger partial charge in [-0.3, -0.25) is 14.6 Å². The summed E-state index contributed by atoms with van der Waals surface area (Å²) < 4.78 is 26.3. The van der Waals surface area contributed by atoms with Gasteiger partial charge in [-0.25, -0.2) is 8.78 Å². The number of carbonyl (C=O) groups excluding carboxylic acids is 2. The second kappa shape index (κ2) is 7.47. The van der Waals surface area contributed by atoms with Crippen molar-refractivity contribution in [3.63, 3.8) is 0 Å². The Morgan fingerprint density at radius 2 is 1.62 bits per heavy atom. The molecule has 0 atom stereocenters. The molecule has 0 radical (unpaired) electrons. The molecule has 0 bridgehead atoms. The molecule has 0 spiro atoms. The molecule has 0 unspecified atom stereocenters. The SMILES string of the molecule is CC(=O)N1CCN(C(=O)c2cc(Nc3ccc(F)c(F)c3)ccn2)CC1. The Morgan fingerprint density at radius 3 is 2.27 bits per heavy atom. The van der Waals surface area contributed by atoms with E-state index in [1.54, 1.807) is 21.9 Å². The third-order valence-electron chi connectivity index (χ3n) is 4.20. The van der Waals surface area contributed by atoms with Gasteiger partial charge >= 0.3 is 0 Å². The zero-order valence-electron chi connectivity index (χ0n) is 14.2. The second-order valence-corrected chi connectivity index (χ2v) is 5.98. The molecule has 2 aromatic rings. The molecule has 1 saturated heterocycles. The molecule has 1 N–H and O–H groups in total. The standard InChI is InChI=1S/C18H18F2N4O2/c1-12(25)23-6-8-24(9-7-23)18(26)17-11-14(4-5-21-17)22-13-2-3-15(19)16(20)10-13/h2-5,10-11H,6-9H2,1H3,(H,21,22).